The van der Waals surface area contributed by atoms with Crippen LogP contribution in [0.25, 0.3) is 0 Å². The van der Waals surface area contributed by atoms with Crippen molar-refractivity contribution in [1.29, 1.82) is 0 Å². The van der Waals surface area contributed by atoms with E-state index in [0.29, 0.717) is 31.9 Å². The van der Waals surface area contributed by atoms with Crippen molar-refractivity contribution in [2.45, 2.75) is 12.1 Å². The van der Waals surface area contributed by atoms with Gasteiger partial charge in [-0.1, -0.05) is 48.5 Å². The summed E-state index contributed by atoms with van der Waals surface area (Å²) in [6.45, 7) is 1.88. The van der Waals surface area contributed by atoms with Crippen LogP contribution < -0.4 is 10.6 Å². The summed E-state index contributed by atoms with van der Waals surface area (Å²) < 4.78 is 10.9. The molecule has 1 fully saturated rings. The summed E-state index contributed by atoms with van der Waals surface area (Å²) in [7, 11) is 0. The first kappa shape index (κ1) is 18.1. The Hall–Kier alpha value is -2.70. The third kappa shape index (κ3) is 4.91. The number of amides is 2. The topological polar surface area (TPSA) is 76.7 Å². The van der Waals surface area contributed by atoms with Crippen LogP contribution in [0.15, 0.2) is 60.7 Å². The molecule has 2 N–H and O–H groups in total. The molecule has 0 radical (unpaired) electrons. The monoisotopic (exact) mass is 354 g/mol. The minimum atomic E-state index is -0.784. The normalized spacial score (nSPS) is 17.9. The predicted molar refractivity (Wildman–Crippen MR) is 96.7 cm³/mol. The van der Waals surface area contributed by atoms with E-state index in [9.17, 15) is 9.59 Å². The Labute approximate surface area is 152 Å². The smallest absolute Gasteiger partial charge is 0.252 e. The van der Waals surface area contributed by atoms with Gasteiger partial charge in [-0.25, -0.2) is 0 Å². The molecule has 2 aromatic carbocycles. The summed E-state index contributed by atoms with van der Waals surface area (Å²) in [6, 6.07) is 17.2. The van der Waals surface area contributed by atoms with E-state index in [0.717, 1.165) is 5.56 Å². The molecule has 2 atom stereocenters. The van der Waals surface area contributed by atoms with E-state index in [1.807, 2.05) is 36.4 Å². The molecule has 0 unspecified atom stereocenters. The maximum Gasteiger partial charge on any atom is 0.252 e. The molecular weight excluding hydrogens is 332 g/mol. The lowest BCUT2D eigenvalue weighted by molar-refractivity contribution is -0.125. The van der Waals surface area contributed by atoms with Crippen LogP contribution in [0.3, 0.4) is 0 Å². The highest BCUT2D eigenvalue weighted by molar-refractivity contribution is 5.97. The zero-order valence-electron chi connectivity index (χ0n) is 14.4. The molecule has 1 heterocycles. The van der Waals surface area contributed by atoms with E-state index in [1.54, 1.807) is 24.3 Å². The first-order valence-corrected chi connectivity index (χ1v) is 8.62. The highest BCUT2D eigenvalue weighted by atomic mass is 16.6. The number of benzene rings is 2. The third-order valence-corrected chi connectivity index (χ3v) is 4.10. The van der Waals surface area contributed by atoms with Crippen LogP contribution in [-0.2, 0) is 14.3 Å². The quantitative estimate of drug-likeness (QED) is 0.828. The molecule has 0 bridgehead atoms. The van der Waals surface area contributed by atoms with Crippen molar-refractivity contribution in [2.24, 2.45) is 0 Å². The largest absolute Gasteiger partial charge is 0.376 e. The van der Waals surface area contributed by atoms with Gasteiger partial charge in [0, 0.05) is 12.1 Å². The Bertz CT molecular complexity index is 715. The molecule has 1 aliphatic heterocycles. The first-order valence-electron chi connectivity index (χ1n) is 8.62. The molecule has 3 rings (SSSR count). The van der Waals surface area contributed by atoms with E-state index < -0.39 is 6.04 Å². The molecule has 26 heavy (non-hydrogen) atoms. The van der Waals surface area contributed by atoms with E-state index in [4.69, 9.17) is 9.47 Å². The van der Waals surface area contributed by atoms with Crippen molar-refractivity contribution in [3.05, 3.63) is 71.8 Å². The minimum Gasteiger partial charge on any atom is -0.376 e. The Morgan fingerprint density at radius 2 is 1.69 bits per heavy atom. The number of hydrogen-bond acceptors (Lipinski definition) is 4. The molecule has 6 heteroatoms. The predicted octanol–water partition coefficient (Wildman–Crippen LogP) is 1.69. The fraction of sp³-hybridized carbons (Fsp3) is 0.300. The zero-order valence-corrected chi connectivity index (χ0v) is 14.4. The lowest BCUT2D eigenvalue weighted by Gasteiger charge is -2.25. The van der Waals surface area contributed by atoms with Crippen LogP contribution in [0.4, 0.5) is 0 Å². The van der Waals surface area contributed by atoms with Gasteiger partial charge in [-0.2, -0.15) is 0 Å². The summed E-state index contributed by atoms with van der Waals surface area (Å²) >= 11 is 0. The standard InChI is InChI=1S/C20H22N2O4/c23-19(16-9-5-2-6-10-16)22-18(15-7-3-1-4-8-15)20(24)21-13-17-14-25-11-12-26-17/h1-10,17-18H,11-14H2,(H,21,24)(H,22,23)/t17-,18-/m0/s1. The van der Waals surface area contributed by atoms with Crippen molar-refractivity contribution < 1.29 is 19.1 Å². The van der Waals surface area contributed by atoms with Crippen molar-refractivity contribution in [3.63, 3.8) is 0 Å². The molecule has 0 spiro atoms. The van der Waals surface area contributed by atoms with E-state index in [1.165, 1.54) is 0 Å². The van der Waals surface area contributed by atoms with Crippen molar-refractivity contribution in [1.82, 2.24) is 10.6 Å². The molecule has 1 saturated heterocycles. The summed E-state index contributed by atoms with van der Waals surface area (Å²) in [5.41, 5.74) is 1.22. The SMILES string of the molecule is O=C(N[C@H](C(=O)NC[C@H]1COCCO1)c1ccccc1)c1ccccc1. The van der Waals surface area contributed by atoms with Gasteiger partial charge in [0.2, 0.25) is 5.91 Å². The van der Waals surface area contributed by atoms with Crippen LogP contribution in [-0.4, -0.2) is 44.3 Å². The van der Waals surface area contributed by atoms with Crippen LogP contribution >= 0.6 is 0 Å². The highest BCUT2D eigenvalue weighted by Gasteiger charge is 2.24. The number of hydrogen-bond donors (Lipinski definition) is 2. The van der Waals surface area contributed by atoms with Gasteiger partial charge in [0.25, 0.3) is 5.91 Å². The molecule has 0 aromatic heterocycles. The van der Waals surface area contributed by atoms with Gasteiger partial charge in [0.15, 0.2) is 0 Å². The van der Waals surface area contributed by atoms with Crippen molar-refractivity contribution in [3.8, 4) is 0 Å². The van der Waals surface area contributed by atoms with Crippen molar-refractivity contribution >= 4 is 11.8 Å². The average Bonchev–Trinajstić information content (AvgIpc) is 2.72. The minimum absolute atomic E-state index is 0.172. The van der Waals surface area contributed by atoms with Gasteiger partial charge >= 0.3 is 0 Å². The zero-order chi connectivity index (χ0) is 18.2. The second-order valence-corrected chi connectivity index (χ2v) is 6.00. The average molecular weight is 354 g/mol. The van der Waals surface area contributed by atoms with E-state index in [-0.39, 0.29) is 17.9 Å². The maximum absolute atomic E-state index is 12.7. The van der Waals surface area contributed by atoms with Gasteiger partial charge in [0.05, 0.1) is 25.9 Å². The molecular formula is C20H22N2O4. The molecule has 0 saturated carbocycles. The highest BCUT2D eigenvalue weighted by Crippen LogP contribution is 2.14. The molecule has 6 nitrogen and oxygen atoms in total. The number of carbonyl (C=O) groups excluding carboxylic acids is 2. The van der Waals surface area contributed by atoms with Gasteiger partial charge in [-0.15, -0.1) is 0 Å². The first-order chi connectivity index (χ1) is 12.7. The lowest BCUT2D eigenvalue weighted by atomic mass is 10.1. The maximum atomic E-state index is 12.7. The number of ether oxygens (including phenoxy) is 2. The van der Waals surface area contributed by atoms with Gasteiger partial charge in [-0.05, 0) is 17.7 Å². The van der Waals surface area contributed by atoms with E-state index in [2.05, 4.69) is 10.6 Å². The van der Waals surface area contributed by atoms with Gasteiger partial charge in [-0.3, -0.25) is 9.59 Å². The molecule has 2 aromatic rings. The Morgan fingerprint density at radius 1 is 1.00 bits per heavy atom. The Balaban J connectivity index is 1.68. The Morgan fingerprint density at radius 3 is 2.35 bits per heavy atom. The van der Waals surface area contributed by atoms with Crippen LogP contribution in [0.1, 0.15) is 22.0 Å². The summed E-state index contributed by atoms with van der Waals surface area (Å²) in [5, 5.41) is 5.66. The second-order valence-electron chi connectivity index (χ2n) is 6.00. The summed E-state index contributed by atoms with van der Waals surface area (Å²) in [5.74, 6) is -0.582. The number of rotatable bonds is 6. The fourth-order valence-electron chi connectivity index (χ4n) is 2.72. The molecule has 1 aliphatic rings. The van der Waals surface area contributed by atoms with Crippen LogP contribution in [0, 0.1) is 0 Å². The number of nitrogens with one attached hydrogen (secondary N) is 2. The van der Waals surface area contributed by atoms with Gasteiger partial charge in [0.1, 0.15) is 6.04 Å². The molecule has 2 amide bonds. The van der Waals surface area contributed by atoms with Crippen LogP contribution in [0.2, 0.25) is 0 Å². The third-order valence-electron chi connectivity index (χ3n) is 4.10. The van der Waals surface area contributed by atoms with Gasteiger partial charge < -0.3 is 20.1 Å². The lowest BCUT2D eigenvalue weighted by Crippen LogP contribution is -2.45. The second kappa shape index (κ2) is 9.12. The summed E-state index contributed by atoms with van der Waals surface area (Å²) in [6.07, 6.45) is -0.172. The molecule has 136 valence electrons. The Kier molecular flexibility index (Phi) is 6.35. The summed E-state index contributed by atoms with van der Waals surface area (Å²) in [4.78, 5) is 25.2. The van der Waals surface area contributed by atoms with E-state index >= 15 is 0 Å². The molecule has 0 aliphatic carbocycles. The van der Waals surface area contributed by atoms with Crippen molar-refractivity contribution in [2.75, 3.05) is 26.4 Å². The van der Waals surface area contributed by atoms with Crippen LogP contribution in [0.5, 0.6) is 0 Å². The number of carbonyl (C=O) groups is 2. The fourth-order valence-corrected chi connectivity index (χ4v) is 2.72.